The summed E-state index contributed by atoms with van der Waals surface area (Å²) in [6, 6.07) is 7.70. The Morgan fingerprint density at radius 1 is 1.17 bits per heavy atom. The van der Waals surface area contributed by atoms with Gasteiger partial charge >= 0.3 is 0 Å². The third-order valence-corrected chi connectivity index (χ3v) is 2.68. The molecule has 0 saturated carbocycles. The van der Waals surface area contributed by atoms with Gasteiger partial charge in [-0.25, -0.2) is 0 Å². The van der Waals surface area contributed by atoms with Crippen molar-refractivity contribution in [3.8, 4) is 5.75 Å². The molecule has 18 heavy (non-hydrogen) atoms. The van der Waals surface area contributed by atoms with Crippen LogP contribution in [-0.4, -0.2) is 30.5 Å². The van der Waals surface area contributed by atoms with E-state index in [0.717, 1.165) is 24.4 Å². The van der Waals surface area contributed by atoms with Crippen molar-refractivity contribution in [1.82, 2.24) is 4.90 Å². The van der Waals surface area contributed by atoms with Gasteiger partial charge in [0.15, 0.2) is 0 Å². The molecule has 1 rings (SSSR count). The zero-order valence-corrected chi connectivity index (χ0v) is 11.3. The van der Waals surface area contributed by atoms with Crippen molar-refractivity contribution >= 4 is 12.0 Å². The van der Waals surface area contributed by atoms with Crippen molar-refractivity contribution in [3.05, 3.63) is 35.9 Å². The standard InChI is InChI=1S/C15H21NO2/c1-4-16(5-2)15(17)12-9-13-7-10-14(11-8-13)18-6-3/h7-12H,4-6H2,1-3H3/b12-9-. The molecule has 3 heteroatoms. The van der Waals surface area contributed by atoms with Gasteiger partial charge in [-0.05, 0) is 44.5 Å². The lowest BCUT2D eigenvalue weighted by molar-refractivity contribution is -0.125. The normalized spacial score (nSPS) is 10.6. The molecule has 3 nitrogen and oxygen atoms in total. The summed E-state index contributed by atoms with van der Waals surface area (Å²) in [7, 11) is 0. The molecule has 0 aliphatic carbocycles. The van der Waals surface area contributed by atoms with Crippen molar-refractivity contribution in [2.75, 3.05) is 19.7 Å². The Hall–Kier alpha value is -1.77. The van der Waals surface area contributed by atoms with Crippen LogP contribution in [0.15, 0.2) is 30.3 Å². The van der Waals surface area contributed by atoms with E-state index in [1.807, 2.05) is 51.1 Å². The monoisotopic (exact) mass is 247 g/mol. The van der Waals surface area contributed by atoms with Crippen molar-refractivity contribution in [1.29, 1.82) is 0 Å². The summed E-state index contributed by atoms with van der Waals surface area (Å²) in [6.45, 7) is 8.05. The highest BCUT2D eigenvalue weighted by Gasteiger charge is 2.04. The number of ether oxygens (including phenoxy) is 1. The topological polar surface area (TPSA) is 29.5 Å². The van der Waals surface area contributed by atoms with Crippen LogP contribution in [0.3, 0.4) is 0 Å². The first-order chi connectivity index (χ1) is 8.71. The second-order valence-electron chi connectivity index (χ2n) is 3.85. The van der Waals surface area contributed by atoms with Crippen LogP contribution in [0.25, 0.3) is 6.08 Å². The van der Waals surface area contributed by atoms with Gasteiger partial charge in [0.2, 0.25) is 5.91 Å². The first kappa shape index (κ1) is 14.3. The third kappa shape index (κ3) is 4.24. The van der Waals surface area contributed by atoms with Crippen LogP contribution in [0.2, 0.25) is 0 Å². The molecule has 1 amide bonds. The summed E-state index contributed by atoms with van der Waals surface area (Å²) in [5.74, 6) is 0.901. The lowest BCUT2D eigenvalue weighted by Gasteiger charge is -2.15. The van der Waals surface area contributed by atoms with Crippen molar-refractivity contribution in [2.24, 2.45) is 0 Å². The van der Waals surface area contributed by atoms with E-state index in [1.54, 1.807) is 11.0 Å². The lowest BCUT2D eigenvalue weighted by Crippen LogP contribution is -2.28. The molecule has 1 aromatic carbocycles. The summed E-state index contributed by atoms with van der Waals surface area (Å²) in [4.78, 5) is 13.5. The summed E-state index contributed by atoms with van der Waals surface area (Å²) in [5.41, 5.74) is 0.999. The highest BCUT2D eigenvalue weighted by molar-refractivity contribution is 5.91. The van der Waals surface area contributed by atoms with E-state index < -0.39 is 0 Å². The molecule has 0 radical (unpaired) electrons. The predicted molar refractivity (Wildman–Crippen MR) is 74.6 cm³/mol. The number of amides is 1. The van der Waals surface area contributed by atoms with Gasteiger partial charge in [-0.15, -0.1) is 0 Å². The van der Waals surface area contributed by atoms with Gasteiger partial charge in [-0.3, -0.25) is 4.79 Å². The van der Waals surface area contributed by atoms with Crippen LogP contribution in [0.5, 0.6) is 5.75 Å². The van der Waals surface area contributed by atoms with Crippen LogP contribution in [0.1, 0.15) is 26.3 Å². The predicted octanol–water partition coefficient (Wildman–Crippen LogP) is 2.97. The fourth-order valence-corrected chi connectivity index (χ4v) is 1.65. The maximum absolute atomic E-state index is 11.8. The van der Waals surface area contributed by atoms with Crippen LogP contribution in [0, 0.1) is 0 Å². The molecule has 0 aliphatic rings. The number of carbonyl (C=O) groups excluding carboxylic acids is 1. The van der Waals surface area contributed by atoms with Crippen molar-refractivity contribution in [3.63, 3.8) is 0 Å². The number of nitrogens with zero attached hydrogens (tertiary/aromatic N) is 1. The van der Waals surface area contributed by atoms with Gasteiger partial charge < -0.3 is 9.64 Å². The van der Waals surface area contributed by atoms with Crippen molar-refractivity contribution in [2.45, 2.75) is 20.8 Å². The van der Waals surface area contributed by atoms with Gasteiger partial charge in [-0.1, -0.05) is 12.1 Å². The minimum Gasteiger partial charge on any atom is -0.494 e. The Bertz CT molecular complexity index is 391. The lowest BCUT2D eigenvalue weighted by atomic mass is 10.2. The van der Waals surface area contributed by atoms with E-state index in [4.69, 9.17) is 4.74 Å². The first-order valence-corrected chi connectivity index (χ1v) is 6.41. The highest BCUT2D eigenvalue weighted by Crippen LogP contribution is 2.13. The fraction of sp³-hybridized carbons (Fsp3) is 0.400. The minimum atomic E-state index is 0.0499. The van der Waals surface area contributed by atoms with Gasteiger partial charge in [0.25, 0.3) is 0 Å². The van der Waals surface area contributed by atoms with E-state index in [2.05, 4.69) is 0 Å². The third-order valence-electron chi connectivity index (χ3n) is 2.68. The largest absolute Gasteiger partial charge is 0.494 e. The van der Waals surface area contributed by atoms with Gasteiger partial charge in [0.05, 0.1) is 6.61 Å². The molecule has 0 spiro atoms. The second kappa shape index (κ2) is 7.54. The molecule has 0 saturated heterocycles. The number of hydrogen-bond donors (Lipinski definition) is 0. The Labute approximate surface area is 109 Å². The summed E-state index contributed by atoms with van der Waals surface area (Å²) in [5, 5.41) is 0. The van der Waals surface area contributed by atoms with E-state index in [1.165, 1.54) is 0 Å². The maximum atomic E-state index is 11.8. The average molecular weight is 247 g/mol. The fourth-order valence-electron chi connectivity index (χ4n) is 1.65. The molecule has 0 aliphatic heterocycles. The number of hydrogen-bond acceptors (Lipinski definition) is 2. The van der Waals surface area contributed by atoms with Crippen LogP contribution < -0.4 is 4.74 Å². The smallest absolute Gasteiger partial charge is 0.246 e. The molecule has 0 heterocycles. The molecule has 98 valence electrons. The molecular formula is C15H21NO2. The SMILES string of the molecule is CCOc1ccc(/C=C\C(=O)N(CC)CC)cc1. The summed E-state index contributed by atoms with van der Waals surface area (Å²) < 4.78 is 5.36. The molecule has 0 N–H and O–H groups in total. The molecule has 1 aromatic rings. The first-order valence-electron chi connectivity index (χ1n) is 6.41. The van der Waals surface area contributed by atoms with Gasteiger partial charge in [0, 0.05) is 19.2 Å². The molecule has 0 unspecified atom stereocenters. The average Bonchev–Trinajstić information content (AvgIpc) is 2.40. The minimum absolute atomic E-state index is 0.0499. The Morgan fingerprint density at radius 3 is 2.28 bits per heavy atom. The number of benzene rings is 1. The Balaban J connectivity index is 2.63. The van der Waals surface area contributed by atoms with Gasteiger partial charge in [0.1, 0.15) is 5.75 Å². The maximum Gasteiger partial charge on any atom is 0.246 e. The van der Waals surface area contributed by atoms with Crippen LogP contribution in [0.4, 0.5) is 0 Å². The molecule has 0 fully saturated rings. The van der Waals surface area contributed by atoms with Gasteiger partial charge in [-0.2, -0.15) is 0 Å². The zero-order chi connectivity index (χ0) is 13.4. The van der Waals surface area contributed by atoms with Crippen LogP contribution >= 0.6 is 0 Å². The highest BCUT2D eigenvalue weighted by atomic mass is 16.5. The van der Waals surface area contributed by atoms with E-state index in [-0.39, 0.29) is 5.91 Å². The number of rotatable bonds is 6. The van der Waals surface area contributed by atoms with E-state index >= 15 is 0 Å². The van der Waals surface area contributed by atoms with Crippen LogP contribution in [-0.2, 0) is 4.79 Å². The molecular weight excluding hydrogens is 226 g/mol. The number of carbonyl (C=O) groups is 1. The van der Waals surface area contributed by atoms with E-state index in [9.17, 15) is 4.79 Å². The Kier molecular flexibility index (Phi) is 5.98. The molecule has 0 atom stereocenters. The zero-order valence-electron chi connectivity index (χ0n) is 11.3. The second-order valence-corrected chi connectivity index (χ2v) is 3.85. The molecule has 0 aromatic heterocycles. The summed E-state index contributed by atoms with van der Waals surface area (Å²) in [6.07, 6.45) is 3.44. The summed E-state index contributed by atoms with van der Waals surface area (Å²) >= 11 is 0. The quantitative estimate of drug-likeness (QED) is 0.723. The molecule has 0 bridgehead atoms. The Morgan fingerprint density at radius 2 is 1.78 bits per heavy atom. The van der Waals surface area contributed by atoms with E-state index in [0.29, 0.717) is 6.61 Å². The van der Waals surface area contributed by atoms with Crippen molar-refractivity contribution < 1.29 is 9.53 Å². The number of likely N-dealkylation sites (N-methyl/N-ethyl adjacent to an activating group) is 1.